The highest BCUT2D eigenvalue weighted by Gasteiger charge is 2.21. The zero-order valence-corrected chi connectivity index (χ0v) is 10.7. The summed E-state index contributed by atoms with van der Waals surface area (Å²) in [6.45, 7) is 5.67. The molecule has 0 radical (unpaired) electrons. The summed E-state index contributed by atoms with van der Waals surface area (Å²) < 4.78 is 0. The van der Waals surface area contributed by atoms with Gasteiger partial charge in [0.25, 0.3) is 0 Å². The van der Waals surface area contributed by atoms with Crippen molar-refractivity contribution in [1.82, 2.24) is 5.32 Å². The van der Waals surface area contributed by atoms with Crippen LogP contribution in [-0.2, 0) is 4.79 Å². The third-order valence-corrected chi connectivity index (χ3v) is 2.44. The van der Waals surface area contributed by atoms with Gasteiger partial charge in [-0.15, -0.1) is 0 Å². The zero-order valence-electron chi connectivity index (χ0n) is 10.7. The van der Waals surface area contributed by atoms with Gasteiger partial charge < -0.3 is 11.1 Å². The normalized spacial score (nSPS) is 19.5. The summed E-state index contributed by atoms with van der Waals surface area (Å²) in [6, 6.07) is 0. The van der Waals surface area contributed by atoms with Crippen molar-refractivity contribution in [3.05, 3.63) is 47.7 Å². The van der Waals surface area contributed by atoms with E-state index in [0.717, 1.165) is 11.3 Å². The topological polar surface area (TPSA) is 55.1 Å². The summed E-state index contributed by atoms with van der Waals surface area (Å²) in [6.07, 6.45) is 11.9. The van der Waals surface area contributed by atoms with E-state index >= 15 is 0 Å². The van der Waals surface area contributed by atoms with E-state index in [-0.39, 0.29) is 5.91 Å². The van der Waals surface area contributed by atoms with Gasteiger partial charge in [0.15, 0.2) is 0 Å². The smallest absolute Gasteiger partial charge is 0.224 e. The third kappa shape index (κ3) is 4.04. The molecule has 1 rings (SSSR count). The van der Waals surface area contributed by atoms with Crippen molar-refractivity contribution in [2.45, 2.75) is 32.7 Å². The number of rotatable bonds is 3. The van der Waals surface area contributed by atoms with Crippen molar-refractivity contribution in [2.24, 2.45) is 5.73 Å². The van der Waals surface area contributed by atoms with Crippen LogP contribution in [0.3, 0.4) is 0 Å². The molecular formula is C14H20N2O. The minimum atomic E-state index is -0.498. The maximum Gasteiger partial charge on any atom is 0.224 e. The fourth-order valence-corrected chi connectivity index (χ4v) is 1.52. The van der Waals surface area contributed by atoms with Gasteiger partial charge in [0, 0.05) is 17.7 Å². The number of nitrogens with two attached hydrogens (primary N) is 1. The van der Waals surface area contributed by atoms with Crippen molar-refractivity contribution >= 4 is 5.91 Å². The van der Waals surface area contributed by atoms with Crippen LogP contribution in [0.25, 0.3) is 0 Å². The molecule has 0 aromatic rings. The number of carbonyl (C=O) groups is 1. The van der Waals surface area contributed by atoms with Crippen LogP contribution in [0.4, 0.5) is 0 Å². The molecule has 0 bridgehead atoms. The SMILES string of the molecule is CCC(=O)NC1=C/C=C\C=C/C=C1C(C)(C)N. The minimum Gasteiger partial charge on any atom is -0.326 e. The van der Waals surface area contributed by atoms with Gasteiger partial charge in [-0.2, -0.15) is 0 Å². The van der Waals surface area contributed by atoms with Gasteiger partial charge in [0.05, 0.1) is 0 Å². The number of amides is 1. The second-order valence-electron chi connectivity index (χ2n) is 4.55. The maximum atomic E-state index is 11.5. The Kier molecular flexibility index (Phi) is 4.46. The van der Waals surface area contributed by atoms with Gasteiger partial charge in [-0.05, 0) is 25.5 Å². The molecule has 1 aliphatic carbocycles. The Morgan fingerprint density at radius 2 is 1.82 bits per heavy atom. The van der Waals surface area contributed by atoms with E-state index < -0.39 is 5.54 Å². The van der Waals surface area contributed by atoms with Crippen molar-refractivity contribution in [2.75, 3.05) is 0 Å². The molecule has 3 N–H and O–H groups in total. The lowest BCUT2D eigenvalue weighted by Crippen LogP contribution is -2.38. The van der Waals surface area contributed by atoms with Gasteiger partial charge in [-0.25, -0.2) is 0 Å². The molecule has 0 aromatic carbocycles. The van der Waals surface area contributed by atoms with Crippen LogP contribution >= 0.6 is 0 Å². The first-order valence-electron chi connectivity index (χ1n) is 5.80. The first-order chi connectivity index (χ1) is 7.95. The van der Waals surface area contributed by atoms with Crippen LogP contribution in [0.1, 0.15) is 27.2 Å². The van der Waals surface area contributed by atoms with Gasteiger partial charge >= 0.3 is 0 Å². The predicted octanol–water partition coefficient (Wildman–Crippen LogP) is 2.19. The second-order valence-corrected chi connectivity index (χ2v) is 4.55. The molecule has 3 heteroatoms. The third-order valence-electron chi connectivity index (χ3n) is 2.44. The molecular weight excluding hydrogens is 212 g/mol. The number of carbonyl (C=O) groups excluding carboxylic acids is 1. The average Bonchev–Trinajstić information content (AvgIpc) is 2.19. The first kappa shape index (κ1) is 13.5. The summed E-state index contributed by atoms with van der Waals surface area (Å²) in [5, 5.41) is 2.88. The lowest BCUT2D eigenvalue weighted by Gasteiger charge is -2.25. The number of nitrogens with one attached hydrogen (secondary N) is 1. The Morgan fingerprint density at radius 3 is 2.35 bits per heavy atom. The number of hydrogen-bond acceptors (Lipinski definition) is 2. The molecule has 0 atom stereocenters. The Hall–Kier alpha value is -1.61. The Morgan fingerprint density at radius 1 is 1.24 bits per heavy atom. The highest BCUT2D eigenvalue weighted by atomic mass is 16.1. The fourth-order valence-electron chi connectivity index (χ4n) is 1.52. The molecule has 0 saturated carbocycles. The standard InChI is InChI=1S/C14H20N2O/c1-4-13(17)16-12-10-8-6-5-7-9-11(12)14(2,3)15/h5-10H,4,15H2,1-3H3,(H,16,17)/b6-5?,7-5-,8-6-,9-7?,10-8?,11-9?,12-10?,12-11?. The van der Waals surface area contributed by atoms with Crippen molar-refractivity contribution in [3.63, 3.8) is 0 Å². The van der Waals surface area contributed by atoms with Crippen molar-refractivity contribution in [3.8, 4) is 0 Å². The molecule has 0 aliphatic heterocycles. The van der Waals surface area contributed by atoms with Gasteiger partial charge in [-0.3, -0.25) is 4.79 Å². The van der Waals surface area contributed by atoms with Crippen LogP contribution in [0, 0.1) is 0 Å². The molecule has 92 valence electrons. The number of hydrogen-bond donors (Lipinski definition) is 2. The Bertz CT molecular complexity index is 406. The van der Waals surface area contributed by atoms with Crippen LogP contribution in [-0.4, -0.2) is 11.4 Å². The van der Waals surface area contributed by atoms with Crippen LogP contribution < -0.4 is 11.1 Å². The van der Waals surface area contributed by atoms with E-state index in [1.165, 1.54) is 0 Å². The monoisotopic (exact) mass is 232 g/mol. The molecule has 0 heterocycles. The minimum absolute atomic E-state index is 0.00986. The Labute approximate surface area is 103 Å². The molecule has 0 spiro atoms. The highest BCUT2D eigenvalue weighted by molar-refractivity contribution is 5.78. The van der Waals surface area contributed by atoms with E-state index in [4.69, 9.17) is 5.73 Å². The molecule has 1 aliphatic rings. The highest BCUT2D eigenvalue weighted by Crippen LogP contribution is 2.21. The molecule has 17 heavy (non-hydrogen) atoms. The lowest BCUT2D eigenvalue weighted by molar-refractivity contribution is -0.120. The van der Waals surface area contributed by atoms with E-state index in [1.54, 1.807) is 0 Å². The van der Waals surface area contributed by atoms with Crippen molar-refractivity contribution in [1.29, 1.82) is 0 Å². The van der Waals surface area contributed by atoms with Gasteiger partial charge in [0.2, 0.25) is 5.91 Å². The first-order valence-corrected chi connectivity index (χ1v) is 5.80. The van der Waals surface area contributed by atoms with Crippen molar-refractivity contribution < 1.29 is 4.79 Å². The quantitative estimate of drug-likeness (QED) is 0.783. The summed E-state index contributed by atoms with van der Waals surface area (Å²) in [4.78, 5) is 11.5. The second kappa shape index (κ2) is 5.64. The molecule has 0 saturated heterocycles. The van der Waals surface area contributed by atoms with Crippen LogP contribution in [0.2, 0.25) is 0 Å². The predicted molar refractivity (Wildman–Crippen MR) is 71.1 cm³/mol. The summed E-state index contributed by atoms with van der Waals surface area (Å²) >= 11 is 0. The molecule has 0 aromatic heterocycles. The molecule has 1 amide bonds. The molecule has 0 unspecified atom stereocenters. The van der Waals surface area contributed by atoms with Crippen LogP contribution in [0.15, 0.2) is 47.7 Å². The number of allylic oxidation sites excluding steroid dienone is 6. The summed E-state index contributed by atoms with van der Waals surface area (Å²) in [7, 11) is 0. The molecule has 3 nitrogen and oxygen atoms in total. The van der Waals surface area contributed by atoms with E-state index in [2.05, 4.69) is 5.32 Å². The van der Waals surface area contributed by atoms with Gasteiger partial charge in [-0.1, -0.05) is 37.3 Å². The van der Waals surface area contributed by atoms with E-state index in [9.17, 15) is 4.79 Å². The molecule has 0 fully saturated rings. The van der Waals surface area contributed by atoms with E-state index in [1.807, 2.05) is 57.2 Å². The Balaban J connectivity index is 3.06. The lowest BCUT2D eigenvalue weighted by atomic mass is 9.91. The maximum absolute atomic E-state index is 11.5. The van der Waals surface area contributed by atoms with Gasteiger partial charge in [0.1, 0.15) is 0 Å². The largest absolute Gasteiger partial charge is 0.326 e. The van der Waals surface area contributed by atoms with Crippen LogP contribution in [0.5, 0.6) is 0 Å². The summed E-state index contributed by atoms with van der Waals surface area (Å²) in [5.41, 5.74) is 7.31. The zero-order chi connectivity index (χ0) is 12.9. The summed E-state index contributed by atoms with van der Waals surface area (Å²) in [5.74, 6) is -0.00986. The van der Waals surface area contributed by atoms with E-state index in [0.29, 0.717) is 6.42 Å². The fraction of sp³-hybridized carbons (Fsp3) is 0.357. The average molecular weight is 232 g/mol.